The summed E-state index contributed by atoms with van der Waals surface area (Å²) in [5, 5.41) is 28.3. The highest BCUT2D eigenvalue weighted by molar-refractivity contribution is 6.24. The number of aliphatic hydroxyl groups is 2. The number of amides is 2. The van der Waals surface area contributed by atoms with Gasteiger partial charge in [-0.2, -0.15) is 0 Å². The maximum absolute atomic E-state index is 13.9. The van der Waals surface area contributed by atoms with Crippen LogP contribution in [0.3, 0.4) is 0 Å². The van der Waals surface area contributed by atoms with Crippen molar-refractivity contribution >= 4 is 23.5 Å². The number of aliphatic hydroxyl groups excluding tert-OH is 2. The first-order chi connectivity index (χ1) is 20.1. The lowest BCUT2D eigenvalue weighted by Gasteiger charge is -2.61. The number of hydrogen-bond acceptors (Lipinski definition) is 6. The van der Waals surface area contributed by atoms with Crippen LogP contribution in [0.1, 0.15) is 72.9 Å². The summed E-state index contributed by atoms with van der Waals surface area (Å²) < 4.78 is 0. The second-order valence-electron chi connectivity index (χ2n) is 13.2. The zero-order chi connectivity index (χ0) is 29.8. The molecule has 0 radical (unpaired) electrons. The highest BCUT2D eigenvalue weighted by atomic mass is 16.3. The lowest BCUT2D eigenvalue weighted by Crippen LogP contribution is -2.57. The summed E-state index contributed by atoms with van der Waals surface area (Å²) in [6, 6.07) is 13.3. The molecule has 4 N–H and O–H groups in total. The van der Waals surface area contributed by atoms with Crippen LogP contribution in [0, 0.1) is 23.2 Å². The molecular formula is C33H43N5O4. The zero-order valence-corrected chi connectivity index (χ0v) is 25.0. The van der Waals surface area contributed by atoms with Crippen molar-refractivity contribution in [1.29, 1.82) is 0 Å². The first-order valence-corrected chi connectivity index (χ1v) is 15.3. The van der Waals surface area contributed by atoms with Crippen molar-refractivity contribution in [1.82, 2.24) is 15.1 Å². The largest absolute Gasteiger partial charge is 0.394 e. The van der Waals surface area contributed by atoms with Crippen molar-refractivity contribution in [3.8, 4) is 0 Å². The number of piperazine rings is 1. The Morgan fingerprint density at radius 2 is 1.86 bits per heavy atom. The minimum Gasteiger partial charge on any atom is -0.394 e. The first kappa shape index (κ1) is 28.8. The molecule has 224 valence electrons. The number of guanidine groups is 1. The molecule has 3 aliphatic carbocycles. The lowest BCUT2D eigenvalue weighted by atomic mass is 9.45. The van der Waals surface area contributed by atoms with E-state index in [0.717, 1.165) is 36.9 Å². The SMILES string of the molecule is C[C@@H]1[C@@H](N=C(Nc2cccc3c2C(=O)N([C@@H](CO)[C@H](O)c2ccccc2)C3=O)N2CCN[C@@H](C)C2)C[C@H]2C[C@@H]1C2(C)C. The van der Waals surface area contributed by atoms with Gasteiger partial charge in [-0.05, 0) is 60.6 Å². The molecule has 2 aromatic rings. The maximum Gasteiger partial charge on any atom is 0.264 e. The standard InChI is InChI=1S/C33H43N5O4/c1-19-17-37(14-13-34-19)32(36-26-16-22-15-24(20(26)2)33(22,3)4)35-25-12-8-11-23-28(25)31(42)38(30(23)41)27(18-39)29(40)21-9-6-5-7-10-21/h5-12,19-20,22,24,26-27,29,34,39-40H,13-18H2,1-4H3,(H,35,36)/t19-,20-,22+,24-,26-,27-,29+/m0/s1. The van der Waals surface area contributed by atoms with E-state index in [9.17, 15) is 19.8 Å². The number of fused-ring (bicyclic) bond motifs is 3. The van der Waals surface area contributed by atoms with Crippen molar-refractivity contribution < 1.29 is 19.8 Å². The number of hydrogen-bond donors (Lipinski definition) is 4. The molecule has 0 unspecified atom stereocenters. The molecule has 2 aliphatic heterocycles. The van der Waals surface area contributed by atoms with Gasteiger partial charge in [0.2, 0.25) is 0 Å². The van der Waals surface area contributed by atoms with Gasteiger partial charge in [-0.15, -0.1) is 0 Å². The number of aliphatic imine (C=N–C) groups is 1. The van der Waals surface area contributed by atoms with Crippen LogP contribution in [0.25, 0.3) is 0 Å². The summed E-state index contributed by atoms with van der Waals surface area (Å²) >= 11 is 0. The van der Waals surface area contributed by atoms with Crippen LogP contribution in [0.5, 0.6) is 0 Å². The number of carbonyl (C=O) groups is 2. The van der Waals surface area contributed by atoms with Gasteiger partial charge in [-0.25, -0.2) is 4.99 Å². The predicted octanol–water partition coefficient (Wildman–Crippen LogP) is 3.51. The highest BCUT2D eigenvalue weighted by Crippen LogP contribution is 2.61. The number of carbonyl (C=O) groups excluding carboxylic acids is 2. The molecule has 7 rings (SSSR count). The highest BCUT2D eigenvalue weighted by Gasteiger charge is 2.56. The average Bonchev–Trinajstić information content (AvgIpc) is 3.24. The Bertz CT molecular complexity index is 1380. The smallest absolute Gasteiger partial charge is 0.264 e. The molecule has 7 atom stereocenters. The summed E-state index contributed by atoms with van der Waals surface area (Å²) in [6.07, 6.45) is 1.09. The molecule has 5 aliphatic rings. The minimum atomic E-state index is -1.22. The molecule has 9 heteroatoms. The molecule has 2 bridgehead atoms. The summed E-state index contributed by atoms with van der Waals surface area (Å²) in [6.45, 7) is 11.1. The molecule has 9 nitrogen and oxygen atoms in total. The Hall–Kier alpha value is -3.27. The van der Waals surface area contributed by atoms with Gasteiger partial charge in [0, 0.05) is 25.7 Å². The zero-order valence-electron chi connectivity index (χ0n) is 25.0. The van der Waals surface area contributed by atoms with Crippen LogP contribution < -0.4 is 10.6 Å². The van der Waals surface area contributed by atoms with Crippen LogP contribution in [0.2, 0.25) is 0 Å². The van der Waals surface area contributed by atoms with E-state index in [1.165, 1.54) is 6.42 Å². The summed E-state index contributed by atoms with van der Waals surface area (Å²) in [5.74, 6) is 1.44. The Kier molecular flexibility index (Phi) is 7.62. The van der Waals surface area contributed by atoms with Gasteiger partial charge in [-0.3, -0.25) is 14.5 Å². The van der Waals surface area contributed by atoms with Crippen molar-refractivity contribution in [2.45, 2.75) is 64.8 Å². The molecule has 2 heterocycles. The fourth-order valence-electron chi connectivity index (χ4n) is 7.79. The number of benzene rings is 2. The molecule has 0 spiro atoms. The Labute approximate surface area is 248 Å². The third-order valence-corrected chi connectivity index (χ3v) is 10.5. The van der Waals surface area contributed by atoms with Gasteiger partial charge < -0.3 is 25.7 Å². The van der Waals surface area contributed by atoms with Gasteiger partial charge in [0.25, 0.3) is 11.8 Å². The number of anilines is 1. The van der Waals surface area contributed by atoms with Crippen molar-refractivity contribution in [2.24, 2.45) is 28.2 Å². The second kappa shape index (κ2) is 11.1. The molecule has 2 amide bonds. The van der Waals surface area contributed by atoms with Crippen molar-refractivity contribution in [3.05, 3.63) is 65.2 Å². The summed E-state index contributed by atoms with van der Waals surface area (Å²) in [4.78, 5) is 36.1. The van der Waals surface area contributed by atoms with E-state index in [4.69, 9.17) is 4.99 Å². The normalized spacial score (nSPS) is 30.0. The first-order valence-electron chi connectivity index (χ1n) is 15.3. The molecule has 2 aromatic carbocycles. The number of imide groups is 1. The Balaban J connectivity index is 1.32. The van der Waals surface area contributed by atoms with E-state index in [-0.39, 0.29) is 23.2 Å². The molecule has 42 heavy (non-hydrogen) atoms. The van der Waals surface area contributed by atoms with Gasteiger partial charge in [0.1, 0.15) is 6.10 Å². The van der Waals surface area contributed by atoms with E-state index >= 15 is 0 Å². The third kappa shape index (κ3) is 4.81. The van der Waals surface area contributed by atoms with Gasteiger partial charge in [-0.1, -0.05) is 57.2 Å². The predicted molar refractivity (Wildman–Crippen MR) is 162 cm³/mol. The Morgan fingerprint density at radius 1 is 1.10 bits per heavy atom. The molecule has 0 aromatic heterocycles. The number of rotatable bonds is 6. The lowest BCUT2D eigenvalue weighted by molar-refractivity contribution is -0.108. The van der Waals surface area contributed by atoms with Gasteiger partial charge >= 0.3 is 0 Å². The Morgan fingerprint density at radius 3 is 2.52 bits per heavy atom. The number of nitrogens with one attached hydrogen (secondary N) is 2. The molecule has 1 saturated heterocycles. The van der Waals surface area contributed by atoms with Gasteiger partial charge in [0.15, 0.2) is 5.96 Å². The summed E-state index contributed by atoms with van der Waals surface area (Å²) in [5.41, 5.74) is 1.89. The summed E-state index contributed by atoms with van der Waals surface area (Å²) in [7, 11) is 0. The van der Waals surface area contributed by atoms with Crippen molar-refractivity contribution in [3.63, 3.8) is 0 Å². The van der Waals surface area contributed by atoms with E-state index in [1.54, 1.807) is 42.5 Å². The fourth-order valence-corrected chi connectivity index (χ4v) is 7.79. The quantitative estimate of drug-likeness (QED) is 0.237. The fraction of sp³-hybridized carbons (Fsp3) is 0.545. The number of nitrogens with zero attached hydrogens (tertiary/aromatic N) is 3. The van der Waals surface area contributed by atoms with Crippen LogP contribution in [0.4, 0.5) is 5.69 Å². The molecular weight excluding hydrogens is 530 g/mol. The van der Waals surface area contributed by atoms with Crippen LogP contribution in [0.15, 0.2) is 53.5 Å². The average molecular weight is 574 g/mol. The minimum absolute atomic E-state index is 0.180. The van der Waals surface area contributed by atoms with Gasteiger partial charge in [0.05, 0.1) is 35.5 Å². The van der Waals surface area contributed by atoms with E-state index in [2.05, 4.69) is 43.2 Å². The van der Waals surface area contributed by atoms with E-state index < -0.39 is 30.6 Å². The maximum atomic E-state index is 13.9. The van der Waals surface area contributed by atoms with E-state index in [0.29, 0.717) is 34.4 Å². The second-order valence-corrected chi connectivity index (χ2v) is 13.2. The van der Waals surface area contributed by atoms with Crippen LogP contribution in [-0.4, -0.2) is 82.2 Å². The molecule has 3 saturated carbocycles. The van der Waals surface area contributed by atoms with Crippen LogP contribution >= 0.6 is 0 Å². The third-order valence-electron chi connectivity index (χ3n) is 10.5. The van der Waals surface area contributed by atoms with E-state index in [1.807, 2.05) is 6.07 Å². The van der Waals surface area contributed by atoms with Crippen LogP contribution in [-0.2, 0) is 0 Å². The molecule has 4 fully saturated rings. The van der Waals surface area contributed by atoms with Crippen molar-refractivity contribution in [2.75, 3.05) is 31.6 Å². The topological polar surface area (TPSA) is 118 Å². The monoisotopic (exact) mass is 573 g/mol.